The first-order chi connectivity index (χ1) is 12.8. The lowest BCUT2D eigenvalue weighted by atomic mass is 10.2. The molecule has 1 amide bonds. The number of nitrogens with zero attached hydrogens (tertiary/aromatic N) is 3. The lowest BCUT2D eigenvalue weighted by Gasteiger charge is -2.12. The number of fused-ring (bicyclic) bond motifs is 1. The Bertz CT molecular complexity index is 1070. The minimum absolute atomic E-state index is 0.161. The molecule has 3 aromatic rings. The highest BCUT2D eigenvalue weighted by Crippen LogP contribution is 2.19. The first kappa shape index (κ1) is 18.9. The van der Waals surface area contributed by atoms with Crippen molar-refractivity contribution in [2.45, 2.75) is 4.90 Å². The van der Waals surface area contributed by atoms with Crippen LogP contribution >= 0.6 is 0 Å². The molecule has 0 saturated carbocycles. The van der Waals surface area contributed by atoms with E-state index in [1.165, 1.54) is 38.4 Å². The second kappa shape index (κ2) is 7.37. The molecule has 8 nitrogen and oxygen atoms in total. The lowest BCUT2D eigenvalue weighted by molar-refractivity contribution is -0.118. The Morgan fingerprint density at radius 1 is 1.19 bits per heavy atom. The first-order valence-electron chi connectivity index (χ1n) is 8.14. The van der Waals surface area contributed by atoms with E-state index >= 15 is 0 Å². The second-order valence-corrected chi connectivity index (χ2v) is 8.31. The van der Waals surface area contributed by atoms with E-state index < -0.39 is 10.0 Å². The van der Waals surface area contributed by atoms with Crippen LogP contribution < -0.4 is 10.1 Å². The number of benzene rings is 2. The van der Waals surface area contributed by atoms with Crippen molar-refractivity contribution >= 4 is 32.7 Å². The van der Waals surface area contributed by atoms with Crippen LogP contribution in [-0.4, -0.2) is 48.9 Å². The van der Waals surface area contributed by atoms with E-state index in [2.05, 4.69) is 10.3 Å². The van der Waals surface area contributed by atoms with Crippen molar-refractivity contribution in [2.24, 2.45) is 7.05 Å². The normalized spacial score (nSPS) is 11.7. The van der Waals surface area contributed by atoms with Crippen LogP contribution in [0.1, 0.15) is 0 Å². The van der Waals surface area contributed by atoms with Crippen LogP contribution in [-0.2, 0) is 21.9 Å². The van der Waals surface area contributed by atoms with Crippen LogP contribution in [0.3, 0.4) is 0 Å². The van der Waals surface area contributed by atoms with E-state index in [1.54, 1.807) is 12.4 Å². The van der Waals surface area contributed by atoms with Crippen LogP contribution in [0.5, 0.6) is 5.75 Å². The number of ether oxygens (including phenoxy) is 1. The minimum Gasteiger partial charge on any atom is -0.484 e. The average Bonchev–Trinajstić information content (AvgIpc) is 3.01. The van der Waals surface area contributed by atoms with Gasteiger partial charge >= 0.3 is 0 Å². The number of amides is 1. The van der Waals surface area contributed by atoms with Crippen molar-refractivity contribution in [3.63, 3.8) is 0 Å². The Morgan fingerprint density at radius 2 is 1.89 bits per heavy atom. The van der Waals surface area contributed by atoms with Gasteiger partial charge in [0.15, 0.2) is 6.61 Å². The van der Waals surface area contributed by atoms with Crippen LogP contribution in [0.4, 0.5) is 5.69 Å². The average molecular weight is 388 g/mol. The van der Waals surface area contributed by atoms with Crippen molar-refractivity contribution in [2.75, 3.05) is 26.0 Å². The monoisotopic (exact) mass is 388 g/mol. The van der Waals surface area contributed by atoms with Crippen LogP contribution in [0.2, 0.25) is 0 Å². The number of imidazole rings is 1. The van der Waals surface area contributed by atoms with E-state index in [-0.39, 0.29) is 17.4 Å². The predicted molar refractivity (Wildman–Crippen MR) is 102 cm³/mol. The molecule has 0 radical (unpaired) electrons. The molecule has 0 saturated heterocycles. The number of aromatic nitrogens is 2. The van der Waals surface area contributed by atoms with Crippen LogP contribution in [0.15, 0.2) is 53.7 Å². The molecule has 0 aliphatic rings. The maximum atomic E-state index is 12.1. The van der Waals surface area contributed by atoms with Gasteiger partial charge in [0.25, 0.3) is 5.91 Å². The van der Waals surface area contributed by atoms with Gasteiger partial charge < -0.3 is 14.6 Å². The van der Waals surface area contributed by atoms with Gasteiger partial charge in [-0.25, -0.2) is 17.7 Å². The van der Waals surface area contributed by atoms with Gasteiger partial charge in [0.05, 0.1) is 22.3 Å². The van der Waals surface area contributed by atoms with Crippen molar-refractivity contribution < 1.29 is 17.9 Å². The molecule has 0 bridgehead atoms. The van der Waals surface area contributed by atoms with Gasteiger partial charge in [0.1, 0.15) is 5.75 Å². The standard InChI is InChI=1S/C18H20N4O4S/c1-21(2)27(24,25)15-7-5-14(6-8-15)26-11-18(23)20-13-4-9-16-17(10-13)22(3)12-19-16/h4-10,12H,11H2,1-3H3,(H,20,23). The number of aryl methyl sites for hydroxylation is 1. The Labute approximate surface area is 157 Å². The Hall–Kier alpha value is -2.91. The summed E-state index contributed by atoms with van der Waals surface area (Å²) in [5.74, 6) is 0.0893. The summed E-state index contributed by atoms with van der Waals surface area (Å²) in [6, 6.07) is 11.4. The van der Waals surface area contributed by atoms with Gasteiger partial charge in [-0.05, 0) is 42.5 Å². The van der Waals surface area contributed by atoms with Crippen molar-refractivity contribution in [1.82, 2.24) is 13.9 Å². The molecule has 0 spiro atoms. The number of carbonyl (C=O) groups is 1. The van der Waals surface area contributed by atoms with E-state index in [0.717, 1.165) is 15.3 Å². The summed E-state index contributed by atoms with van der Waals surface area (Å²) in [5, 5.41) is 2.76. The number of carbonyl (C=O) groups excluding carboxylic acids is 1. The van der Waals surface area contributed by atoms with E-state index in [1.807, 2.05) is 23.7 Å². The van der Waals surface area contributed by atoms with Gasteiger partial charge in [-0.1, -0.05) is 0 Å². The minimum atomic E-state index is -3.49. The maximum Gasteiger partial charge on any atom is 0.262 e. The summed E-state index contributed by atoms with van der Waals surface area (Å²) >= 11 is 0. The van der Waals surface area contributed by atoms with E-state index in [0.29, 0.717) is 11.4 Å². The third-order valence-electron chi connectivity index (χ3n) is 3.98. The smallest absolute Gasteiger partial charge is 0.262 e. The molecule has 2 aromatic carbocycles. The number of hydrogen-bond donors (Lipinski definition) is 1. The lowest BCUT2D eigenvalue weighted by Crippen LogP contribution is -2.22. The van der Waals surface area contributed by atoms with Crippen molar-refractivity contribution in [1.29, 1.82) is 0 Å². The third-order valence-corrected chi connectivity index (χ3v) is 5.81. The molecule has 1 heterocycles. The molecule has 0 aliphatic heterocycles. The molecular weight excluding hydrogens is 368 g/mol. The molecule has 0 atom stereocenters. The number of rotatable bonds is 6. The quantitative estimate of drug-likeness (QED) is 0.695. The number of nitrogens with one attached hydrogen (secondary N) is 1. The van der Waals surface area contributed by atoms with Crippen LogP contribution in [0, 0.1) is 0 Å². The molecule has 142 valence electrons. The molecule has 0 fully saturated rings. The summed E-state index contributed by atoms with van der Waals surface area (Å²) in [6.07, 6.45) is 1.71. The molecule has 1 aromatic heterocycles. The molecule has 0 unspecified atom stereocenters. The Kier molecular flexibility index (Phi) is 5.15. The topological polar surface area (TPSA) is 93.5 Å². The van der Waals surface area contributed by atoms with Crippen LogP contribution in [0.25, 0.3) is 11.0 Å². The molecule has 27 heavy (non-hydrogen) atoms. The number of hydrogen-bond acceptors (Lipinski definition) is 5. The van der Waals surface area contributed by atoms with Crippen molar-refractivity contribution in [3.05, 3.63) is 48.8 Å². The van der Waals surface area contributed by atoms with Gasteiger partial charge in [0.2, 0.25) is 10.0 Å². The van der Waals surface area contributed by atoms with E-state index in [9.17, 15) is 13.2 Å². The second-order valence-electron chi connectivity index (χ2n) is 6.15. The number of anilines is 1. The van der Waals surface area contributed by atoms with Gasteiger partial charge in [-0.3, -0.25) is 4.79 Å². The Balaban J connectivity index is 1.61. The summed E-state index contributed by atoms with van der Waals surface area (Å²) in [4.78, 5) is 16.5. The van der Waals surface area contributed by atoms with Gasteiger partial charge in [0, 0.05) is 26.8 Å². The fraction of sp³-hybridized carbons (Fsp3) is 0.222. The number of sulfonamides is 1. The van der Waals surface area contributed by atoms with E-state index in [4.69, 9.17) is 4.74 Å². The molecular formula is C18H20N4O4S. The largest absolute Gasteiger partial charge is 0.484 e. The fourth-order valence-electron chi connectivity index (χ4n) is 2.47. The van der Waals surface area contributed by atoms with Crippen molar-refractivity contribution in [3.8, 4) is 5.75 Å². The molecule has 0 aliphatic carbocycles. The highest BCUT2D eigenvalue weighted by atomic mass is 32.2. The highest BCUT2D eigenvalue weighted by molar-refractivity contribution is 7.89. The Morgan fingerprint density at radius 3 is 2.56 bits per heavy atom. The zero-order valence-corrected chi connectivity index (χ0v) is 16.0. The molecule has 9 heteroatoms. The third kappa shape index (κ3) is 4.09. The summed E-state index contributed by atoms with van der Waals surface area (Å²) in [6.45, 7) is -0.191. The first-order valence-corrected chi connectivity index (χ1v) is 9.58. The predicted octanol–water partition coefficient (Wildman–Crippen LogP) is 1.84. The molecule has 1 N–H and O–H groups in total. The zero-order chi connectivity index (χ0) is 19.6. The highest BCUT2D eigenvalue weighted by Gasteiger charge is 2.16. The fourth-order valence-corrected chi connectivity index (χ4v) is 3.37. The zero-order valence-electron chi connectivity index (χ0n) is 15.2. The summed E-state index contributed by atoms with van der Waals surface area (Å²) < 4.78 is 32.5. The maximum absolute atomic E-state index is 12.1. The summed E-state index contributed by atoms with van der Waals surface area (Å²) in [5.41, 5.74) is 2.40. The van der Waals surface area contributed by atoms with Gasteiger partial charge in [-0.2, -0.15) is 0 Å². The molecule has 3 rings (SSSR count). The SMILES string of the molecule is CN(C)S(=O)(=O)c1ccc(OCC(=O)Nc2ccc3ncn(C)c3c2)cc1. The van der Waals surface area contributed by atoms with Gasteiger partial charge in [-0.15, -0.1) is 0 Å². The summed E-state index contributed by atoms with van der Waals surface area (Å²) in [7, 11) is 1.32.